The summed E-state index contributed by atoms with van der Waals surface area (Å²) in [6.07, 6.45) is 0. The van der Waals surface area contributed by atoms with Crippen LogP contribution in [-0.2, 0) is 4.89 Å². The molecule has 0 amide bonds. The van der Waals surface area contributed by atoms with Gasteiger partial charge in [0.15, 0.2) is 0 Å². The number of nitrogen functional groups attached to an aromatic ring is 1. The van der Waals surface area contributed by atoms with Crippen molar-refractivity contribution >= 4 is 43.5 Å². The van der Waals surface area contributed by atoms with Crippen LogP contribution in [0, 0.1) is 0 Å². The fourth-order valence-corrected chi connectivity index (χ4v) is 2.03. The van der Waals surface area contributed by atoms with Crippen LogP contribution in [0.4, 0.5) is 5.69 Å². The zero-order valence-corrected chi connectivity index (χ0v) is 9.42. The number of benzene rings is 1. The van der Waals surface area contributed by atoms with Crippen molar-refractivity contribution in [2.75, 3.05) is 5.73 Å². The Hall–Kier alpha value is -0.590. The van der Waals surface area contributed by atoms with Crippen molar-refractivity contribution in [1.82, 2.24) is 0 Å². The van der Waals surface area contributed by atoms with Gasteiger partial charge in [0, 0.05) is 8.95 Å². The number of carbonyl (C=O) groups is 1. The number of hydrogen-bond acceptors (Lipinski definition) is 4. The van der Waals surface area contributed by atoms with Crippen LogP contribution in [0.1, 0.15) is 10.4 Å². The first-order valence-corrected chi connectivity index (χ1v) is 4.75. The Morgan fingerprint density at radius 2 is 2.08 bits per heavy atom. The summed E-state index contributed by atoms with van der Waals surface area (Å²) in [6, 6.07) is 3.14. The molecule has 0 spiro atoms. The van der Waals surface area contributed by atoms with Gasteiger partial charge in [-0.05, 0) is 28.1 Å². The van der Waals surface area contributed by atoms with Gasteiger partial charge in [0.1, 0.15) is 0 Å². The van der Waals surface area contributed by atoms with Gasteiger partial charge in [0.05, 0.1) is 11.3 Å². The number of rotatable bonds is 1. The van der Waals surface area contributed by atoms with E-state index >= 15 is 0 Å². The maximum Gasteiger partial charge on any atom is 0.374 e. The molecule has 0 aliphatic rings. The van der Waals surface area contributed by atoms with Gasteiger partial charge in [-0.25, -0.2) is 4.79 Å². The molecule has 6 heteroatoms. The molecule has 0 fully saturated rings. The monoisotopic (exact) mass is 309 g/mol. The topological polar surface area (TPSA) is 72.6 Å². The van der Waals surface area contributed by atoms with E-state index in [1.165, 1.54) is 6.07 Å². The Labute approximate surface area is 90.9 Å². The van der Waals surface area contributed by atoms with E-state index in [4.69, 9.17) is 11.0 Å². The third kappa shape index (κ3) is 2.20. The van der Waals surface area contributed by atoms with Crippen LogP contribution < -0.4 is 5.73 Å². The number of halogens is 2. The van der Waals surface area contributed by atoms with Crippen LogP contribution in [0.5, 0.6) is 0 Å². The minimum atomic E-state index is -0.889. The van der Waals surface area contributed by atoms with Gasteiger partial charge in [-0.1, -0.05) is 15.9 Å². The average molecular weight is 311 g/mol. The fraction of sp³-hybridized carbons (Fsp3) is 0. The van der Waals surface area contributed by atoms with Crippen molar-refractivity contribution < 1.29 is 14.9 Å². The SMILES string of the molecule is Nc1c(Br)cc(Br)cc1C(=O)OO. The molecule has 4 nitrogen and oxygen atoms in total. The van der Waals surface area contributed by atoms with Crippen LogP contribution in [0.2, 0.25) is 0 Å². The molecule has 0 aliphatic heterocycles. The maximum absolute atomic E-state index is 10.9. The molecule has 1 aromatic carbocycles. The smallest absolute Gasteiger partial charge is 0.374 e. The third-order valence-corrected chi connectivity index (χ3v) is 2.51. The summed E-state index contributed by atoms with van der Waals surface area (Å²) in [5.74, 6) is -0.889. The molecular weight excluding hydrogens is 306 g/mol. The van der Waals surface area contributed by atoms with E-state index in [0.717, 1.165) is 0 Å². The van der Waals surface area contributed by atoms with E-state index in [1.807, 2.05) is 0 Å². The predicted molar refractivity (Wildman–Crippen MR) is 54.3 cm³/mol. The Bertz CT molecular complexity index is 354. The fourth-order valence-electron chi connectivity index (χ4n) is 0.803. The van der Waals surface area contributed by atoms with Gasteiger partial charge < -0.3 is 5.73 Å². The first kappa shape index (κ1) is 10.5. The second-order valence-corrected chi connectivity index (χ2v) is 4.00. The molecule has 1 rings (SSSR count). The molecule has 0 saturated heterocycles. The molecule has 0 bridgehead atoms. The zero-order valence-electron chi connectivity index (χ0n) is 6.25. The van der Waals surface area contributed by atoms with Gasteiger partial charge in [0.25, 0.3) is 0 Å². The van der Waals surface area contributed by atoms with Gasteiger partial charge >= 0.3 is 5.97 Å². The van der Waals surface area contributed by atoms with Crippen LogP contribution in [0.3, 0.4) is 0 Å². The highest BCUT2D eigenvalue weighted by atomic mass is 79.9. The molecule has 70 valence electrons. The quantitative estimate of drug-likeness (QED) is 0.475. The molecule has 0 radical (unpaired) electrons. The van der Waals surface area contributed by atoms with Gasteiger partial charge in [0.2, 0.25) is 0 Å². The molecule has 0 atom stereocenters. The van der Waals surface area contributed by atoms with Crippen LogP contribution in [-0.4, -0.2) is 11.2 Å². The third-order valence-electron chi connectivity index (χ3n) is 1.40. The summed E-state index contributed by atoms with van der Waals surface area (Å²) in [5.41, 5.74) is 5.87. The largest absolute Gasteiger partial charge is 0.397 e. The van der Waals surface area contributed by atoms with Crippen LogP contribution >= 0.6 is 31.9 Å². The minimum Gasteiger partial charge on any atom is -0.397 e. The lowest BCUT2D eigenvalue weighted by atomic mass is 10.2. The molecule has 1 aromatic rings. The summed E-state index contributed by atoms with van der Waals surface area (Å²) in [5, 5.41) is 8.16. The first-order chi connectivity index (χ1) is 6.06. The van der Waals surface area contributed by atoms with Crippen molar-refractivity contribution in [3.8, 4) is 0 Å². The van der Waals surface area contributed by atoms with E-state index in [2.05, 4.69) is 36.7 Å². The van der Waals surface area contributed by atoms with Crippen LogP contribution in [0.15, 0.2) is 21.1 Å². The highest BCUT2D eigenvalue weighted by Gasteiger charge is 2.14. The summed E-state index contributed by atoms with van der Waals surface area (Å²) < 4.78 is 1.22. The highest BCUT2D eigenvalue weighted by molar-refractivity contribution is 9.11. The molecule has 0 aromatic heterocycles. The zero-order chi connectivity index (χ0) is 10.0. The second kappa shape index (κ2) is 4.08. The molecule has 0 unspecified atom stereocenters. The molecular formula is C7H5Br2NO3. The number of hydrogen-bond donors (Lipinski definition) is 2. The summed E-state index contributed by atoms with van der Waals surface area (Å²) in [7, 11) is 0. The lowest BCUT2D eigenvalue weighted by Gasteiger charge is -2.04. The summed E-state index contributed by atoms with van der Waals surface area (Å²) in [4.78, 5) is 14.5. The van der Waals surface area contributed by atoms with Gasteiger partial charge in [-0.3, -0.25) is 4.89 Å². The second-order valence-electron chi connectivity index (χ2n) is 2.23. The van der Waals surface area contributed by atoms with E-state index < -0.39 is 5.97 Å². The van der Waals surface area contributed by atoms with Crippen molar-refractivity contribution in [1.29, 1.82) is 0 Å². The van der Waals surface area contributed by atoms with Crippen molar-refractivity contribution in [3.63, 3.8) is 0 Å². The van der Waals surface area contributed by atoms with E-state index in [-0.39, 0.29) is 11.3 Å². The highest BCUT2D eigenvalue weighted by Crippen LogP contribution is 2.28. The van der Waals surface area contributed by atoms with Crippen molar-refractivity contribution in [2.24, 2.45) is 0 Å². The van der Waals surface area contributed by atoms with Crippen molar-refractivity contribution in [3.05, 3.63) is 26.6 Å². The molecule has 0 aliphatic carbocycles. The Morgan fingerprint density at radius 3 is 2.62 bits per heavy atom. The van der Waals surface area contributed by atoms with Crippen LogP contribution in [0.25, 0.3) is 0 Å². The molecule has 3 N–H and O–H groups in total. The Balaban J connectivity index is 3.28. The molecule has 0 heterocycles. The Kier molecular flexibility index (Phi) is 3.29. The normalized spacial score (nSPS) is 9.77. The number of carbonyl (C=O) groups excluding carboxylic acids is 1. The molecule has 0 saturated carbocycles. The minimum absolute atomic E-state index is 0.101. The summed E-state index contributed by atoms with van der Waals surface area (Å²) >= 11 is 6.32. The lowest BCUT2D eigenvalue weighted by molar-refractivity contribution is -0.182. The van der Waals surface area contributed by atoms with Gasteiger partial charge in [-0.2, -0.15) is 5.26 Å². The average Bonchev–Trinajstić information content (AvgIpc) is 2.10. The molecule has 13 heavy (non-hydrogen) atoms. The van der Waals surface area contributed by atoms with Gasteiger partial charge in [-0.15, -0.1) is 0 Å². The van der Waals surface area contributed by atoms with E-state index in [1.54, 1.807) is 6.07 Å². The summed E-state index contributed by atoms with van der Waals surface area (Å²) in [6.45, 7) is 0. The Morgan fingerprint density at radius 1 is 1.46 bits per heavy atom. The van der Waals surface area contributed by atoms with E-state index in [0.29, 0.717) is 8.95 Å². The maximum atomic E-state index is 10.9. The standard InChI is InChI=1S/C7H5Br2NO3/c8-3-1-4(7(11)13-12)6(10)5(9)2-3/h1-2,12H,10H2. The van der Waals surface area contributed by atoms with Crippen molar-refractivity contribution in [2.45, 2.75) is 0 Å². The van der Waals surface area contributed by atoms with E-state index in [9.17, 15) is 4.79 Å². The lowest BCUT2D eigenvalue weighted by Crippen LogP contribution is -2.06. The first-order valence-electron chi connectivity index (χ1n) is 3.16. The number of nitrogens with two attached hydrogens (primary N) is 1. The predicted octanol–water partition coefficient (Wildman–Crippen LogP) is 2.42. The number of anilines is 1.